The fourth-order valence-corrected chi connectivity index (χ4v) is 1.37. The molecule has 0 radical (unpaired) electrons. The normalized spacial score (nSPS) is 14.1. The minimum atomic E-state index is -1.07. The lowest BCUT2D eigenvalue weighted by atomic mass is 10.2. The predicted octanol–water partition coefficient (Wildman–Crippen LogP) is 0.492. The number of hydrogen-bond acceptors (Lipinski definition) is 4. The van der Waals surface area contributed by atoms with Crippen LogP contribution in [0.2, 0.25) is 0 Å². The molecule has 1 amide bonds. The molecule has 0 heterocycles. The molecule has 86 valence electrons. The van der Waals surface area contributed by atoms with E-state index in [2.05, 4.69) is 5.32 Å². The monoisotopic (exact) mass is 233 g/mol. The molecule has 0 aromatic rings. The Morgan fingerprint density at radius 3 is 2.27 bits per heavy atom. The maximum atomic E-state index is 11.4. The number of carbonyl (C=O) groups is 3. The van der Waals surface area contributed by atoms with Crippen molar-refractivity contribution in [3.63, 3.8) is 0 Å². The van der Waals surface area contributed by atoms with Crippen molar-refractivity contribution in [2.24, 2.45) is 5.92 Å². The van der Waals surface area contributed by atoms with E-state index in [0.29, 0.717) is 5.75 Å². The van der Waals surface area contributed by atoms with E-state index in [1.807, 2.05) is 0 Å². The zero-order valence-corrected chi connectivity index (χ0v) is 9.76. The molecule has 0 aromatic heterocycles. The van der Waals surface area contributed by atoms with Crippen molar-refractivity contribution in [2.75, 3.05) is 5.75 Å². The van der Waals surface area contributed by atoms with Crippen molar-refractivity contribution >= 4 is 28.8 Å². The smallest absolute Gasteiger partial charge is 0.325 e. The Morgan fingerprint density at radius 2 is 1.87 bits per heavy atom. The maximum Gasteiger partial charge on any atom is 0.325 e. The lowest BCUT2D eigenvalue weighted by Crippen LogP contribution is -2.41. The van der Waals surface area contributed by atoms with Crippen LogP contribution < -0.4 is 5.32 Å². The third kappa shape index (κ3) is 6.11. The van der Waals surface area contributed by atoms with Crippen molar-refractivity contribution in [3.8, 4) is 0 Å². The van der Waals surface area contributed by atoms with Crippen molar-refractivity contribution < 1.29 is 19.5 Å². The summed E-state index contributed by atoms with van der Waals surface area (Å²) in [6, 6.07) is -0.901. The first kappa shape index (κ1) is 14.0. The molecule has 5 nitrogen and oxygen atoms in total. The van der Waals surface area contributed by atoms with Crippen LogP contribution in [-0.4, -0.2) is 33.9 Å². The van der Waals surface area contributed by atoms with E-state index >= 15 is 0 Å². The van der Waals surface area contributed by atoms with Crippen molar-refractivity contribution in [1.82, 2.24) is 5.32 Å². The first-order valence-electron chi connectivity index (χ1n) is 4.51. The molecule has 1 unspecified atom stereocenters. The van der Waals surface area contributed by atoms with E-state index in [0.717, 1.165) is 11.8 Å². The summed E-state index contributed by atoms with van der Waals surface area (Å²) < 4.78 is 0. The van der Waals surface area contributed by atoms with Gasteiger partial charge in [-0.3, -0.25) is 14.4 Å². The molecule has 0 saturated carbocycles. The van der Waals surface area contributed by atoms with Crippen molar-refractivity contribution in [3.05, 3.63) is 0 Å². The fourth-order valence-electron chi connectivity index (χ4n) is 0.735. The molecule has 0 aliphatic heterocycles. The van der Waals surface area contributed by atoms with Crippen LogP contribution in [0.4, 0.5) is 0 Å². The molecule has 0 rings (SSSR count). The van der Waals surface area contributed by atoms with Gasteiger partial charge in [0.15, 0.2) is 5.12 Å². The average molecular weight is 233 g/mol. The summed E-state index contributed by atoms with van der Waals surface area (Å²) in [5.41, 5.74) is 0. The minimum Gasteiger partial charge on any atom is -0.480 e. The van der Waals surface area contributed by atoms with Gasteiger partial charge >= 0.3 is 5.97 Å². The van der Waals surface area contributed by atoms with Gasteiger partial charge in [-0.2, -0.15) is 0 Å². The van der Waals surface area contributed by atoms with Crippen molar-refractivity contribution in [2.45, 2.75) is 26.8 Å². The number of carboxylic acid groups (broad SMARTS) is 1. The molecule has 0 spiro atoms. The Morgan fingerprint density at radius 1 is 1.33 bits per heavy atom. The lowest BCUT2D eigenvalue weighted by Gasteiger charge is -2.13. The number of aliphatic carboxylic acids is 1. The summed E-state index contributed by atoms with van der Waals surface area (Å²) in [4.78, 5) is 32.5. The van der Waals surface area contributed by atoms with Crippen molar-refractivity contribution in [1.29, 1.82) is 0 Å². The number of hydrogen-bond donors (Lipinski definition) is 2. The Kier molecular flexibility index (Phi) is 6.00. The van der Waals surface area contributed by atoms with Gasteiger partial charge in [0.05, 0.1) is 0 Å². The summed E-state index contributed by atoms with van der Waals surface area (Å²) in [7, 11) is 0. The van der Waals surface area contributed by atoms with Gasteiger partial charge in [-0.1, -0.05) is 18.7 Å². The van der Waals surface area contributed by atoms with Crippen LogP contribution in [0.5, 0.6) is 0 Å². The quantitative estimate of drug-likeness (QED) is 0.722. The Balaban J connectivity index is 3.99. The first-order chi connectivity index (χ1) is 6.84. The zero-order valence-electron chi connectivity index (χ0n) is 8.94. The predicted molar refractivity (Wildman–Crippen MR) is 57.5 cm³/mol. The summed E-state index contributed by atoms with van der Waals surface area (Å²) in [6.45, 7) is 4.47. The number of nitrogens with one attached hydrogen (secondary N) is 1. The number of carboxylic acids is 1. The van der Waals surface area contributed by atoms with E-state index in [4.69, 9.17) is 5.11 Å². The second-order valence-corrected chi connectivity index (χ2v) is 4.47. The van der Waals surface area contributed by atoms with Crippen LogP contribution in [0.3, 0.4) is 0 Å². The number of amides is 1. The van der Waals surface area contributed by atoms with Gasteiger partial charge in [0.1, 0.15) is 6.04 Å². The highest BCUT2D eigenvalue weighted by Crippen LogP contribution is 2.09. The average Bonchev–Trinajstić information content (AvgIpc) is 2.13. The second kappa shape index (κ2) is 6.44. The summed E-state index contributed by atoms with van der Waals surface area (Å²) >= 11 is 1.06. The molecular formula is C9H15NO4S. The van der Waals surface area contributed by atoms with Crippen LogP contribution in [-0.2, 0) is 14.4 Å². The van der Waals surface area contributed by atoms with E-state index in [-0.39, 0.29) is 16.9 Å². The Bertz CT molecular complexity index is 267. The molecule has 6 heteroatoms. The van der Waals surface area contributed by atoms with E-state index < -0.39 is 12.0 Å². The van der Waals surface area contributed by atoms with Gasteiger partial charge in [-0.25, -0.2) is 0 Å². The van der Waals surface area contributed by atoms with Gasteiger partial charge in [0.25, 0.3) is 0 Å². The lowest BCUT2D eigenvalue weighted by molar-refractivity contribution is -0.141. The maximum absolute atomic E-state index is 11.4. The second-order valence-electron chi connectivity index (χ2n) is 3.27. The minimum absolute atomic E-state index is 0.0547. The zero-order chi connectivity index (χ0) is 12.0. The third-order valence-corrected chi connectivity index (χ3v) is 2.79. The molecule has 0 aromatic carbocycles. The number of carbonyl (C=O) groups excluding carboxylic acids is 2. The topological polar surface area (TPSA) is 83.5 Å². The third-order valence-electron chi connectivity index (χ3n) is 1.71. The molecule has 2 N–H and O–H groups in total. The molecular weight excluding hydrogens is 218 g/mol. The van der Waals surface area contributed by atoms with E-state index in [9.17, 15) is 14.4 Å². The Labute approximate surface area is 92.6 Å². The number of thioether (sulfide) groups is 1. The summed E-state index contributed by atoms with van der Waals surface area (Å²) in [6.07, 6.45) is 0. The molecule has 0 aliphatic rings. The molecule has 2 atom stereocenters. The molecule has 15 heavy (non-hydrogen) atoms. The largest absolute Gasteiger partial charge is 0.480 e. The molecule has 0 bridgehead atoms. The number of rotatable bonds is 5. The highest BCUT2D eigenvalue weighted by molar-refractivity contribution is 8.13. The van der Waals surface area contributed by atoms with Crippen LogP contribution in [0.15, 0.2) is 0 Å². The van der Waals surface area contributed by atoms with Crippen LogP contribution in [0, 0.1) is 5.92 Å². The van der Waals surface area contributed by atoms with Gasteiger partial charge in [-0.05, 0) is 6.92 Å². The van der Waals surface area contributed by atoms with E-state index in [1.54, 1.807) is 6.92 Å². The first-order valence-corrected chi connectivity index (χ1v) is 5.49. The fraction of sp³-hybridized carbons (Fsp3) is 0.667. The van der Waals surface area contributed by atoms with Gasteiger partial charge in [0.2, 0.25) is 5.91 Å². The van der Waals surface area contributed by atoms with Gasteiger partial charge in [0, 0.05) is 18.6 Å². The standard InChI is InChI=1S/C9H15NO4S/c1-5(4-15-7(3)11)8(12)10-6(2)9(13)14/h5-6H,4H2,1-3H3,(H,10,12)(H,13,14)/t5?,6-/m0/s1. The summed E-state index contributed by atoms with van der Waals surface area (Å²) in [5.74, 6) is -1.43. The highest BCUT2D eigenvalue weighted by Gasteiger charge is 2.19. The summed E-state index contributed by atoms with van der Waals surface area (Å²) in [5, 5.41) is 10.8. The van der Waals surface area contributed by atoms with Crippen LogP contribution in [0.25, 0.3) is 0 Å². The molecule has 0 saturated heterocycles. The molecule has 0 aliphatic carbocycles. The van der Waals surface area contributed by atoms with Gasteiger partial charge < -0.3 is 10.4 Å². The van der Waals surface area contributed by atoms with Gasteiger partial charge in [-0.15, -0.1) is 0 Å². The highest BCUT2D eigenvalue weighted by atomic mass is 32.2. The molecule has 0 fully saturated rings. The van der Waals surface area contributed by atoms with E-state index in [1.165, 1.54) is 13.8 Å². The van der Waals surface area contributed by atoms with Crippen LogP contribution >= 0.6 is 11.8 Å². The Hall–Kier alpha value is -1.04. The SMILES string of the molecule is CC(=O)SCC(C)C(=O)N[C@@H](C)C(=O)O. The van der Waals surface area contributed by atoms with Crippen LogP contribution in [0.1, 0.15) is 20.8 Å².